The number of ether oxygens (including phenoxy) is 2. The first-order valence-electron chi connectivity index (χ1n) is 10.5. The predicted molar refractivity (Wildman–Crippen MR) is 114 cm³/mol. The highest BCUT2D eigenvalue weighted by molar-refractivity contribution is 7.15. The molecule has 0 bridgehead atoms. The van der Waals surface area contributed by atoms with Gasteiger partial charge in [-0.25, -0.2) is 8.78 Å². The largest absolute Gasteiger partial charge is 0.490 e. The van der Waals surface area contributed by atoms with Crippen LogP contribution in [0.1, 0.15) is 48.6 Å². The van der Waals surface area contributed by atoms with Crippen LogP contribution in [0.25, 0.3) is 0 Å². The lowest BCUT2D eigenvalue weighted by Gasteiger charge is -2.17. The molecule has 1 aromatic carbocycles. The van der Waals surface area contributed by atoms with Crippen LogP contribution in [0.2, 0.25) is 0 Å². The van der Waals surface area contributed by atoms with Crippen molar-refractivity contribution in [2.24, 2.45) is 0 Å². The maximum absolute atomic E-state index is 12.5. The van der Waals surface area contributed by atoms with E-state index in [0.29, 0.717) is 30.0 Å². The highest BCUT2D eigenvalue weighted by Crippen LogP contribution is 2.42. The summed E-state index contributed by atoms with van der Waals surface area (Å²) in [5, 5.41) is 12.2. The third-order valence-corrected chi connectivity index (χ3v) is 6.27. The van der Waals surface area contributed by atoms with Crippen LogP contribution in [0.15, 0.2) is 18.2 Å². The van der Waals surface area contributed by atoms with Gasteiger partial charge in [0.2, 0.25) is 16.9 Å². The summed E-state index contributed by atoms with van der Waals surface area (Å²) >= 11 is 1.37. The Labute approximate surface area is 187 Å². The van der Waals surface area contributed by atoms with Crippen molar-refractivity contribution in [1.29, 1.82) is 0 Å². The van der Waals surface area contributed by atoms with Crippen molar-refractivity contribution < 1.29 is 27.8 Å². The Morgan fingerprint density at radius 3 is 2.78 bits per heavy atom. The Morgan fingerprint density at radius 1 is 1.25 bits per heavy atom. The number of nitrogens with zero attached hydrogens (tertiary/aromatic N) is 3. The molecule has 4 rings (SSSR count). The van der Waals surface area contributed by atoms with Crippen molar-refractivity contribution >= 4 is 28.3 Å². The molecule has 2 heterocycles. The Bertz CT molecular complexity index is 982. The molecule has 1 aromatic heterocycles. The highest BCUT2D eigenvalue weighted by atomic mass is 32.1. The molecule has 172 valence electrons. The topological polar surface area (TPSA) is 93.7 Å². The van der Waals surface area contributed by atoms with E-state index in [9.17, 15) is 18.4 Å². The fourth-order valence-corrected chi connectivity index (χ4v) is 4.51. The molecule has 0 unspecified atom stereocenters. The normalized spacial score (nSPS) is 18.3. The number of halogens is 2. The van der Waals surface area contributed by atoms with Gasteiger partial charge in [-0.2, -0.15) is 0 Å². The first kappa shape index (κ1) is 22.4. The second-order valence-electron chi connectivity index (χ2n) is 7.78. The minimum atomic E-state index is -2.59. The predicted octanol–water partition coefficient (Wildman–Crippen LogP) is 3.41. The molecule has 0 spiro atoms. The number of likely N-dealkylation sites (tertiary alicyclic amines) is 1. The van der Waals surface area contributed by atoms with E-state index >= 15 is 0 Å². The molecule has 2 aliphatic rings. The summed E-state index contributed by atoms with van der Waals surface area (Å²) in [6.45, 7) is 1.72. The first-order chi connectivity index (χ1) is 15.4. The number of carbonyl (C=O) groups is 2. The second-order valence-corrected chi connectivity index (χ2v) is 8.79. The number of alkyl halides is 2. The lowest BCUT2D eigenvalue weighted by Crippen LogP contribution is -2.34. The minimum Gasteiger partial charge on any atom is -0.490 e. The molecule has 2 amide bonds. The van der Waals surface area contributed by atoms with Crippen LogP contribution < -0.4 is 14.8 Å². The molecule has 8 nitrogen and oxygen atoms in total. The molecular formula is C21H24F2N4O4S. The maximum atomic E-state index is 12.5. The number of hydrogen-bond acceptors (Lipinski definition) is 7. The van der Waals surface area contributed by atoms with E-state index in [4.69, 9.17) is 9.47 Å². The van der Waals surface area contributed by atoms with E-state index in [-0.39, 0.29) is 36.4 Å². The van der Waals surface area contributed by atoms with Crippen LogP contribution in [0.5, 0.6) is 11.5 Å². The maximum Gasteiger partial charge on any atom is 0.272 e. The quantitative estimate of drug-likeness (QED) is 0.577. The smallest absolute Gasteiger partial charge is 0.272 e. The zero-order valence-electron chi connectivity index (χ0n) is 17.6. The molecule has 11 heteroatoms. The van der Waals surface area contributed by atoms with Gasteiger partial charge in [-0.3, -0.25) is 14.9 Å². The molecule has 2 aromatic rings. The Balaban J connectivity index is 1.36. The van der Waals surface area contributed by atoms with Gasteiger partial charge in [0, 0.05) is 24.8 Å². The molecule has 1 N–H and O–H groups in total. The number of carbonyl (C=O) groups excluding carboxylic acids is 2. The molecule has 1 aliphatic heterocycles. The Morgan fingerprint density at radius 2 is 2.06 bits per heavy atom. The van der Waals surface area contributed by atoms with Gasteiger partial charge < -0.3 is 14.4 Å². The van der Waals surface area contributed by atoms with Crippen molar-refractivity contribution in [3.05, 3.63) is 28.8 Å². The van der Waals surface area contributed by atoms with Crippen LogP contribution in [0, 0.1) is 0 Å². The average Bonchev–Trinajstić information content (AvgIpc) is 3.40. The number of aromatic nitrogens is 2. The number of anilines is 1. The molecule has 1 atom stereocenters. The van der Waals surface area contributed by atoms with Gasteiger partial charge in [-0.1, -0.05) is 17.4 Å². The third-order valence-electron chi connectivity index (χ3n) is 5.27. The van der Waals surface area contributed by atoms with Gasteiger partial charge in [0.25, 0.3) is 6.43 Å². The van der Waals surface area contributed by atoms with Crippen LogP contribution in [-0.4, -0.2) is 59.6 Å². The van der Waals surface area contributed by atoms with Crippen LogP contribution in [-0.2, 0) is 9.59 Å². The van der Waals surface area contributed by atoms with Crippen LogP contribution in [0.4, 0.5) is 13.9 Å². The molecule has 1 saturated carbocycles. The van der Waals surface area contributed by atoms with Gasteiger partial charge in [0.1, 0.15) is 11.6 Å². The Hall–Kier alpha value is -2.82. The van der Waals surface area contributed by atoms with Crippen molar-refractivity contribution in [2.75, 3.05) is 31.6 Å². The SMILES string of the molecule is CCOc1cc([C@@H]2CC(=O)N(CC(=O)Nc3nnc(C4CC4)s3)C2)ccc1OCC(F)F. The lowest BCUT2D eigenvalue weighted by molar-refractivity contribution is -0.131. The van der Waals surface area contributed by atoms with Crippen molar-refractivity contribution in [3.63, 3.8) is 0 Å². The molecule has 2 fully saturated rings. The summed E-state index contributed by atoms with van der Waals surface area (Å²) in [7, 11) is 0. The van der Waals surface area contributed by atoms with E-state index in [2.05, 4.69) is 15.5 Å². The fourth-order valence-electron chi connectivity index (χ4n) is 3.58. The van der Waals surface area contributed by atoms with Gasteiger partial charge in [0.05, 0.1) is 13.2 Å². The Kier molecular flexibility index (Phi) is 6.83. The fraction of sp³-hybridized carbons (Fsp3) is 0.524. The van der Waals surface area contributed by atoms with Crippen LogP contribution in [0.3, 0.4) is 0 Å². The summed E-state index contributed by atoms with van der Waals surface area (Å²) < 4.78 is 35.6. The third kappa shape index (κ3) is 5.50. The van der Waals surface area contributed by atoms with Crippen molar-refractivity contribution in [3.8, 4) is 11.5 Å². The monoisotopic (exact) mass is 466 g/mol. The molecule has 32 heavy (non-hydrogen) atoms. The summed E-state index contributed by atoms with van der Waals surface area (Å²) in [5.74, 6) is 0.478. The summed E-state index contributed by atoms with van der Waals surface area (Å²) in [6.07, 6.45) is -0.120. The average molecular weight is 467 g/mol. The number of nitrogens with one attached hydrogen (secondary N) is 1. The number of amides is 2. The first-order valence-corrected chi connectivity index (χ1v) is 11.3. The number of benzene rings is 1. The summed E-state index contributed by atoms with van der Waals surface area (Å²) in [5.41, 5.74) is 0.826. The highest BCUT2D eigenvalue weighted by Gasteiger charge is 2.33. The number of rotatable bonds is 10. The van der Waals surface area contributed by atoms with Gasteiger partial charge in [-0.15, -0.1) is 10.2 Å². The lowest BCUT2D eigenvalue weighted by atomic mass is 9.98. The summed E-state index contributed by atoms with van der Waals surface area (Å²) in [4.78, 5) is 26.4. The van der Waals surface area contributed by atoms with E-state index in [0.717, 1.165) is 23.4 Å². The second kappa shape index (κ2) is 9.76. The van der Waals surface area contributed by atoms with Crippen molar-refractivity contribution in [1.82, 2.24) is 15.1 Å². The molecule has 0 radical (unpaired) electrons. The standard InChI is InChI=1S/C21H24F2N4O4S/c1-2-30-16-7-13(5-6-15(16)31-11-17(22)23)14-8-19(29)27(9-14)10-18(28)24-21-26-25-20(32-21)12-3-4-12/h5-7,12,14,17H,2-4,8-11H2,1H3,(H,24,26,28)/t14-/m1/s1. The van der Waals surface area contributed by atoms with E-state index in [1.165, 1.54) is 16.2 Å². The van der Waals surface area contributed by atoms with E-state index in [1.54, 1.807) is 25.1 Å². The van der Waals surface area contributed by atoms with Gasteiger partial charge >= 0.3 is 0 Å². The van der Waals surface area contributed by atoms with Crippen LogP contribution >= 0.6 is 11.3 Å². The zero-order valence-corrected chi connectivity index (χ0v) is 18.4. The molecule has 1 aliphatic carbocycles. The molecular weight excluding hydrogens is 442 g/mol. The van der Waals surface area contributed by atoms with Crippen molar-refractivity contribution in [2.45, 2.75) is 44.4 Å². The van der Waals surface area contributed by atoms with Gasteiger partial charge in [-0.05, 0) is 37.5 Å². The minimum absolute atomic E-state index is 0.0679. The van der Waals surface area contributed by atoms with Gasteiger partial charge in [0.15, 0.2) is 11.5 Å². The molecule has 1 saturated heterocycles. The number of hydrogen-bond donors (Lipinski definition) is 1. The van der Waals surface area contributed by atoms with E-state index < -0.39 is 13.0 Å². The zero-order chi connectivity index (χ0) is 22.7. The summed E-state index contributed by atoms with van der Waals surface area (Å²) in [6, 6.07) is 5.04. The van der Waals surface area contributed by atoms with E-state index in [1.807, 2.05) is 0 Å².